The van der Waals surface area contributed by atoms with Crippen molar-refractivity contribution >= 4 is 11.9 Å². The zero-order valence-electron chi connectivity index (χ0n) is 23.6. The SMILES string of the molecule is C=C(C)[C@@H]1CCC(C)=CC1c1c(OC2O[C@H](COC(C)=O)[C@@H](O)[C@H](O)[C@H]2O)cc(CCCCC)c(C(=O)O)c1O. The lowest BCUT2D eigenvalue weighted by atomic mass is 9.73. The number of hydrogen-bond donors (Lipinski definition) is 5. The van der Waals surface area contributed by atoms with E-state index in [0.29, 0.717) is 18.4 Å². The summed E-state index contributed by atoms with van der Waals surface area (Å²) in [7, 11) is 0. The topological polar surface area (TPSA) is 163 Å². The number of carboxylic acids is 1. The van der Waals surface area contributed by atoms with Gasteiger partial charge in [0.25, 0.3) is 0 Å². The van der Waals surface area contributed by atoms with E-state index in [4.69, 9.17) is 14.2 Å². The van der Waals surface area contributed by atoms with Crippen molar-refractivity contribution in [3.63, 3.8) is 0 Å². The van der Waals surface area contributed by atoms with Crippen LogP contribution in [-0.2, 0) is 20.7 Å². The minimum Gasteiger partial charge on any atom is -0.507 e. The van der Waals surface area contributed by atoms with E-state index in [0.717, 1.165) is 36.8 Å². The minimum atomic E-state index is -1.69. The molecule has 222 valence electrons. The van der Waals surface area contributed by atoms with Crippen molar-refractivity contribution in [1.29, 1.82) is 0 Å². The maximum Gasteiger partial charge on any atom is 0.339 e. The molecule has 2 unspecified atom stereocenters. The van der Waals surface area contributed by atoms with Crippen LogP contribution in [-0.4, -0.2) is 74.8 Å². The van der Waals surface area contributed by atoms with E-state index in [-0.39, 0.29) is 29.4 Å². The van der Waals surface area contributed by atoms with E-state index in [1.807, 2.05) is 26.8 Å². The average Bonchev–Trinajstić information content (AvgIpc) is 2.87. The standard InChI is InChI=1S/C30H42O10/c1-6-7-8-9-18-13-21(39-30-28(35)27(34)25(32)22(40-30)14-38-17(5)31)24(26(33)23(18)29(36)37)20-12-16(4)10-11-19(20)15(2)3/h12-13,19-20,22,25,27-28,30,32-35H,2,6-11,14H2,1,3-5H3,(H,36,37)/t19-,20?,22+,25+,27-,28+,30?/m0/s1. The van der Waals surface area contributed by atoms with Crippen LogP contribution in [0.5, 0.6) is 11.5 Å². The molecule has 1 heterocycles. The smallest absolute Gasteiger partial charge is 0.339 e. The van der Waals surface area contributed by atoms with Crippen LogP contribution in [0.25, 0.3) is 0 Å². The Hall–Kier alpha value is -2.92. The Kier molecular flexibility index (Phi) is 10.8. The Morgan fingerprint density at radius 2 is 1.82 bits per heavy atom. The predicted molar refractivity (Wildman–Crippen MR) is 146 cm³/mol. The first-order valence-corrected chi connectivity index (χ1v) is 13.8. The highest BCUT2D eigenvalue weighted by Gasteiger charge is 2.46. The van der Waals surface area contributed by atoms with E-state index in [2.05, 4.69) is 6.58 Å². The fourth-order valence-corrected chi connectivity index (χ4v) is 5.51. The van der Waals surface area contributed by atoms with Crippen molar-refractivity contribution < 1.29 is 49.3 Å². The maximum atomic E-state index is 12.4. The molecule has 0 amide bonds. The molecule has 0 aromatic heterocycles. The molecule has 0 spiro atoms. The largest absolute Gasteiger partial charge is 0.507 e. The van der Waals surface area contributed by atoms with Gasteiger partial charge in [-0.25, -0.2) is 4.79 Å². The molecular formula is C30H42O10. The minimum absolute atomic E-state index is 0.0927. The third kappa shape index (κ3) is 7.04. The fraction of sp³-hybridized carbons (Fsp3) is 0.600. The first-order chi connectivity index (χ1) is 18.9. The van der Waals surface area contributed by atoms with Crippen LogP contribution < -0.4 is 4.74 Å². The van der Waals surface area contributed by atoms with Crippen molar-refractivity contribution in [1.82, 2.24) is 0 Å². The summed E-state index contributed by atoms with van der Waals surface area (Å²) in [5.74, 6) is -2.82. The summed E-state index contributed by atoms with van der Waals surface area (Å²) >= 11 is 0. The Morgan fingerprint density at radius 1 is 1.12 bits per heavy atom. The molecular weight excluding hydrogens is 520 g/mol. The van der Waals surface area contributed by atoms with Crippen molar-refractivity contribution in [3.8, 4) is 11.5 Å². The number of ether oxygens (including phenoxy) is 3. The second-order valence-electron chi connectivity index (χ2n) is 10.9. The van der Waals surface area contributed by atoms with E-state index >= 15 is 0 Å². The normalized spacial score (nSPS) is 28.5. The summed E-state index contributed by atoms with van der Waals surface area (Å²) in [4.78, 5) is 23.7. The number of carbonyl (C=O) groups excluding carboxylic acids is 1. The van der Waals surface area contributed by atoms with Crippen molar-refractivity contribution in [2.75, 3.05) is 6.61 Å². The Morgan fingerprint density at radius 3 is 2.42 bits per heavy atom. The molecule has 1 aliphatic carbocycles. The van der Waals surface area contributed by atoms with Gasteiger partial charge in [-0.05, 0) is 57.1 Å². The highest BCUT2D eigenvalue weighted by atomic mass is 16.7. The zero-order chi connectivity index (χ0) is 29.7. The van der Waals surface area contributed by atoms with E-state index in [9.17, 15) is 35.1 Å². The number of unbranched alkanes of at least 4 members (excludes halogenated alkanes) is 2. The molecule has 0 bridgehead atoms. The van der Waals surface area contributed by atoms with Crippen LogP contribution in [0.3, 0.4) is 0 Å². The average molecular weight is 563 g/mol. The number of aromatic hydroxyl groups is 1. The number of allylic oxidation sites excluding steroid dienone is 3. The van der Waals surface area contributed by atoms with Gasteiger partial charge in [-0.2, -0.15) is 0 Å². The highest BCUT2D eigenvalue weighted by Crippen LogP contribution is 2.49. The monoisotopic (exact) mass is 562 g/mol. The van der Waals surface area contributed by atoms with Gasteiger partial charge in [0.2, 0.25) is 6.29 Å². The van der Waals surface area contributed by atoms with Gasteiger partial charge in [-0.1, -0.05) is 43.6 Å². The van der Waals surface area contributed by atoms with Crippen LogP contribution >= 0.6 is 0 Å². The number of carbonyl (C=O) groups is 2. The van der Waals surface area contributed by atoms with Gasteiger partial charge in [0, 0.05) is 18.4 Å². The molecule has 2 aliphatic rings. The lowest BCUT2D eigenvalue weighted by Crippen LogP contribution is -2.60. The number of rotatable bonds is 11. The van der Waals surface area contributed by atoms with Gasteiger partial charge in [-0.15, -0.1) is 0 Å². The molecule has 0 saturated carbocycles. The van der Waals surface area contributed by atoms with Crippen molar-refractivity contribution in [2.45, 2.75) is 103 Å². The molecule has 7 atom stereocenters. The second kappa shape index (κ2) is 13.6. The van der Waals surface area contributed by atoms with Gasteiger partial charge in [0.15, 0.2) is 0 Å². The molecule has 10 heteroatoms. The summed E-state index contributed by atoms with van der Waals surface area (Å²) < 4.78 is 16.8. The lowest BCUT2D eigenvalue weighted by Gasteiger charge is -2.40. The number of aliphatic hydroxyl groups is 3. The number of aromatic carboxylic acids is 1. The summed E-state index contributed by atoms with van der Waals surface area (Å²) in [6, 6.07) is 1.55. The van der Waals surface area contributed by atoms with Crippen LogP contribution in [0.4, 0.5) is 0 Å². The van der Waals surface area contributed by atoms with Gasteiger partial charge in [-0.3, -0.25) is 4.79 Å². The first kappa shape index (κ1) is 31.6. The summed E-state index contributed by atoms with van der Waals surface area (Å²) in [5.41, 5.74) is 2.30. The van der Waals surface area contributed by atoms with E-state index in [1.165, 1.54) is 6.92 Å². The molecule has 0 radical (unpaired) electrons. The predicted octanol–water partition coefficient (Wildman–Crippen LogP) is 3.59. The zero-order valence-corrected chi connectivity index (χ0v) is 23.6. The maximum absolute atomic E-state index is 12.4. The number of phenols is 1. The quantitative estimate of drug-likeness (QED) is 0.153. The third-order valence-electron chi connectivity index (χ3n) is 7.72. The lowest BCUT2D eigenvalue weighted by molar-refractivity contribution is -0.278. The first-order valence-electron chi connectivity index (χ1n) is 13.8. The van der Waals surface area contributed by atoms with Crippen molar-refractivity contribution in [3.05, 3.63) is 46.6 Å². The summed E-state index contributed by atoms with van der Waals surface area (Å²) in [5, 5.41) is 53.3. The number of hydrogen-bond acceptors (Lipinski definition) is 9. The second-order valence-corrected chi connectivity index (χ2v) is 10.9. The number of aliphatic hydroxyl groups excluding tert-OH is 3. The molecule has 1 aliphatic heterocycles. The van der Waals surface area contributed by atoms with Crippen LogP contribution in [0.15, 0.2) is 29.9 Å². The van der Waals surface area contributed by atoms with Crippen molar-refractivity contribution in [2.24, 2.45) is 5.92 Å². The molecule has 1 aromatic rings. The molecule has 40 heavy (non-hydrogen) atoms. The third-order valence-corrected chi connectivity index (χ3v) is 7.72. The number of benzene rings is 1. The van der Waals surface area contributed by atoms with Gasteiger partial charge in [0.05, 0.1) is 0 Å². The van der Waals surface area contributed by atoms with Crippen LogP contribution in [0.2, 0.25) is 0 Å². The Balaban J connectivity index is 2.15. The highest BCUT2D eigenvalue weighted by molar-refractivity contribution is 5.94. The van der Waals surface area contributed by atoms with Crippen LogP contribution in [0.1, 0.15) is 87.2 Å². The Bertz CT molecular complexity index is 1130. The Labute approximate surface area is 234 Å². The summed E-state index contributed by atoms with van der Waals surface area (Å²) in [6.07, 6.45) is -1.32. The van der Waals surface area contributed by atoms with Gasteiger partial charge in [0.1, 0.15) is 48.1 Å². The molecule has 1 fully saturated rings. The van der Waals surface area contributed by atoms with Gasteiger partial charge < -0.3 is 39.7 Å². The number of esters is 1. The molecule has 3 rings (SSSR count). The summed E-state index contributed by atoms with van der Waals surface area (Å²) in [6.45, 7) is 10.8. The van der Waals surface area contributed by atoms with Crippen LogP contribution in [0, 0.1) is 5.92 Å². The molecule has 10 nitrogen and oxygen atoms in total. The fourth-order valence-electron chi connectivity index (χ4n) is 5.51. The van der Waals surface area contributed by atoms with E-state index < -0.39 is 54.3 Å². The molecule has 5 N–H and O–H groups in total. The number of aryl methyl sites for hydroxylation is 1. The molecule has 1 aromatic carbocycles. The van der Waals surface area contributed by atoms with E-state index in [1.54, 1.807) is 6.07 Å². The number of carboxylic acid groups (broad SMARTS) is 1. The molecule has 1 saturated heterocycles. The van der Waals surface area contributed by atoms with Gasteiger partial charge >= 0.3 is 11.9 Å².